The van der Waals surface area contributed by atoms with Crippen molar-refractivity contribution in [2.24, 2.45) is 0 Å². The van der Waals surface area contributed by atoms with Crippen molar-refractivity contribution in [1.82, 2.24) is 18.9 Å². The van der Waals surface area contributed by atoms with Crippen LogP contribution in [0, 0.1) is 0 Å². The largest absolute Gasteiger partial charge is 0.395 e. The molecule has 0 spiro atoms. The number of fused-ring (bicyclic) bond motifs is 1. The van der Waals surface area contributed by atoms with Crippen molar-refractivity contribution >= 4 is 37.7 Å². The highest BCUT2D eigenvalue weighted by molar-refractivity contribution is 7.86. The van der Waals surface area contributed by atoms with Gasteiger partial charge in [-0.3, -0.25) is 4.79 Å². The lowest BCUT2D eigenvalue weighted by atomic mass is 10.0. The zero-order valence-electron chi connectivity index (χ0n) is 15.1. The molecule has 1 aliphatic rings. The highest BCUT2D eigenvalue weighted by Crippen LogP contribution is 2.37. The molecule has 0 unspecified atom stereocenters. The second-order valence-corrected chi connectivity index (χ2v) is 9.33. The molecule has 3 rings (SSSR count). The Bertz CT molecular complexity index is 928. The predicted molar refractivity (Wildman–Crippen MR) is 102 cm³/mol. The van der Waals surface area contributed by atoms with Crippen molar-refractivity contribution in [3.05, 3.63) is 28.8 Å². The summed E-state index contributed by atoms with van der Waals surface area (Å²) in [4.78, 5) is 18.0. The number of nitrogens with one attached hydrogen (secondary N) is 1. The number of aromatic nitrogens is 1. The number of pyridine rings is 1. The van der Waals surface area contributed by atoms with E-state index in [0.717, 1.165) is 9.69 Å². The van der Waals surface area contributed by atoms with Crippen molar-refractivity contribution in [2.75, 3.05) is 46.9 Å². The maximum Gasteiger partial charge on any atom is 0.281 e. The third-order valence-electron chi connectivity index (χ3n) is 4.25. The number of rotatable bonds is 6. The fourth-order valence-corrected chi connectivity index (χ4v) is 5.13. The Morgan fingerprint density at radius 2 is 2.30 bits per heavy atom. The summed E-state index contributed by atoms with van der Waals surface area (Å²) in [6.45, 7) is 0.559. The monoisotopic (exact) mass is 414 g/mol. The molecule has 1 atom stereocenters. The lowest BCUT2D eigenvalue weighted by Crippen LogP contribution is -2.47. The van der Waals surface area contributed by atoms with Gasteiger partial charge in [-0.2, -0.15) is 17.0 Å². The minimum Gasteiger partial charge on any atom is -0.395 e. The van der Waals surface area contributed by atoms with Gasteiger partial charge in [-0.05, 0) is 6.07 Å². The summed E-state index contributed by atoms with van der Waals surface area (Å²) in [6.07, 6.45) is 1.06. The Kier molecular flexibility index (Phi) is 6.08. The lowest BCUT2D eigenvalue weighted by Gasteiger charge is -2.34. The summed E-state index contributed by atoms with van der Waals surface area (Å²) in [7, 11) is -0.616. The van der Waals surface area contributed by atoms with E-state index in [2.05, 4.69) is 10.3 Å². The maximum absolute atomic E-state index is 12.6. The smallest absolute Gasteiger partial charge is 0.281 e. The normalized spacial score (nSPS) is 18.9. The number of hydrogen-bond acceptors (Lipinski definition) is 7. The second kappa shape index (κ2) is 8.17. The van der Waals surface area contributed by atoms with Crippen LogP contribution in [0.2, 0.25) is 0 Å². The van der Waals surface area contributed by atoms with Gasteiger partial charge >= 0.3 is 0 Å². The minimum absolute atomic E-state index is 0.113. The molecule has 1 amide bonds. The molecular formula is C16H22N4O5S2. The van der Waals surface area contributed by atoms with Crippen LogP contribution in [0.1, 0.15) is 21.3 Å². The Hall–Kier alpha value is -1.63. The van der Waals surface area contributed by atoms with E-state index in [4.69, 9.17) is 9.84 Å². The van der Waals surface area contributed by atoms with Gasteiger partial charge in [0.25, 0.3) is 16.1 Å². The topological polar surface area (TPSA) is 112 Å². The molecule has 27 heavy (non-hydrogen) atoms. The average molecular weight is 415 g/mol. The molecule has 0 saturated carbocycles. The van der Waals surface area contributed by atoms with E-state index in [9.17, 15) is 13.2 Å². The highest BCUT2D eigenvalue weighted by atomic mass is 32.2. The van der Waals surface area contributed by atoms with Crippen LogP contribution in [0.5, 0.6) is 0 Å². The number of aliphatic hydroxyl groups excluding tert-OH is 1. The Morgan fingerprint density at radius 3 is 3.00 bits per heavy atom. The lowest BCUT2D eigenvalue weighted by molar-refractivity contribution is -0.00324. The van der Waals surface area contributed by atoms with Crippen LogP contribution in [0.15, 0.2) is 18.3 Å². The zero-order chi connectivity index (χ0) is 19.6. The highest BCUT2D eigenvalue weighted by Gasteiger charge is 2.35. The van der Waals surface area contributed by atoms with E-state index in [1.165, 1.54) is 29.7 Å². The molecule has 2 aromatic heterocycles. The van der Waals surface area contributed by atoms with E-state index in [-0.39, 0.29) is 38.8 Å². The molecule has 1 aliphatic heterocycles. The zero-order valence-corrected chi connectivity index (χ0v) is 16.7. The number of aliphatic hydroxyl groups is 1. The summed E-state index contributed by atoms with van der Waals surface area (Å²) < 4.78 is 33.4. The first-order valence-electron chi connectivity index (χ1n) is 8.42. The molecule has 1 saturated heterocycles. The number of carbonyl (C=O) groups is 1. The first-order chi connectivity index (χ1) is 12.9. The Morgan fingerprint density at radius 1 is 1.52 bits per heavy atom. The van der Waals surface area contributed by atoms with Gasteiger partial charge < -0.3 is 15.2 Å². The first kappa shape index (κ1) is 20.1. The molecule has 9 nitrogen and oxygen atoms in total. The third-order valence-corrected chi connectivity index (χ3v) is 7.28. The van der Waals surface area contributed by atoms with Gasteiger partial charge in [0, 0.05) is 50.9 Å². The van der Waals surface area contributed by atoms with Crippen LogP contribution in [-0.4, -0.2) is 80.0 Å². The molecule has 0 aliphatic carbocycles. The number of ether oxygens (including phenoxy) is 1. The first-order valence-corrected chi connectivity index (χ1v) is 10.6. The van der Waals surface area contributed by atoms with Crippen LogP contribution in [0.4, 0.5) is 0 Å². The van der Waals surface area contributed by atoms with Crippen LogP contribution in [0.3, 0.4) is 0 Å². The van der Waals surface area contributed by atoms with E-state index < -0.39 is 16.3 Å². The fourth-order valence-electron chi connectivity index (χ4n) is 2.93. The van der Waals surface area contributed by atoms with Gasteiger partial charge in [-0.1, -0.05) is 6.07 Å². The van der Waals surface area contributed by atoms with Crippen LogP contribution in [0.25, 0.3) is 10.2 Å². The van der Waals surface area contributed by atoms with E-state index >= 15 is 0 Å². The standard InChI is InChI=1S/C16H22N4O5S2/c1-19(2)27(23,24)20-7-9-25-12(10-20)13-11-4-3-5-18-16(11)26-14(13)15(22)17-6-8-21/h3-5,12,21H,6-10H2,1-2H3,(H,17,22)/t12-/m1/s1. The average Bonchev–Trinajstić information content (AvgIpc) is 3.05. The molecule has 3 heterocycles. The molecule has 2 N–H and O–H groups in total. The SMILES string of the molecule is CN(C)S(=O)(=O)N1CCO[C@@H](c2c(C(=O)NCCO)sc3ncccc23)C1. The predicted octanol–water partition coefficient (Wildman–Crippen LogP) is 0.198. The van der Waals surface area contributed by atoms with Gasteiger partial charge in [0.2, 0.25) is 0 Å². The van der Waals surface area contributed by atoms with E-state index in [0.29, 0.717) is 15.3 Å². The number of hydrogen-bond donors (Lipinski definition) is 2. The molecule has 148 valence electrons. The number of thiophene rings is 1. The Balaban J connectivity index is 2.00. The van der Waals surface area contributed by atoms with Gasteiger partial charge in [0.1, 0.15) is 9.71 Å². The molecule has 0 aromatic carbocycles. The third kappa shape index (κ3) is 3.98. The summed E-state index contributed by atoms with van der Waals surface area (Å²) >= 11 is 1.23. The fraction of sp³-hybridized carbons (Fsp3) is 0.500. The molecule has 2 aromatic rings. The summed E-state index contributed by atoms with van der Waals surface area (Å²) in [5, 5.41) is 12.4. The molecule has 0 radical (unpaired) electrons. The summed E-state index contributed by atoms with van der Waals surface area (Å²) in [5.74, 6) is -0.335. The van der Waals surface area contributed by atoms with Gasteiger partial charge in [-0.15, -0.1) is 11.3 Å². The molecule has 11 heteroatoms. The van der Waals surface area contributed by atoms with Gasteiger partial charge in [-0.25, -0.2) is 4.98 Å². The van der Waals surface area contributed by atoms with E-state index in [1.807, 2.05) is 6.07 Å². The minimum atomic E-state index is -3.58. The number of carbonyl (C=O) groups excluding carboxylic acids is 1. The van der Waals surface area contributed by atoms with Crippen LogP contribution in [-0.2, 0) is 14.9 Å². The van der Waals surface area contributed by atoms with Crippen LogP contribution < -0.4 is 5.32 Å². The Labute approximate surface area is 161 Å². The summed E-state index contributed by atoms with van der Waals surface area (Å²) in [5.41, 5.74) is 0.636. The van der Waals surface area contributed by atoms with Crippen molar-refractivity contribution in [3.63, 3.8) is 0 Å². The van der Waals surface area contributed by atoms with Crippen molar-refractivity contribution in [1.29, 1.82) is 0 Å². The van der Waals surface area contributed by atoms with Gasteiger partial charge in [0.15, 0.2) is 0 Å². The van der Waals surface area contributed by atoms with Crippen molar-refractivity contribution < 1.29 is 23.1 Å². The number of nitrogens with zero attached hydrogens (tertiary/aromatic N) is 3. The second-order valence-electron chi connectivity index (χ2n) is 6.19. The quantitative estimate of drug-likeness (QED) is 0.698. The number of amides is 1. The van der Waals surface area contributed by atoms with Crippen molar-refractivity contribution in [2.45, 2.75) is 6.10 Å². The maximum atomic E-state index is 12.6. The number of morpholine rings is 1. The molecular weight excluding hydrogens is 392 g/mol. The summed E-state index contributed by atoms with van der Waals surface area (Å²) in [6, 6.07) is 3.62. The van der Waals surface area contributed by atoms with Crippen LogP contribution >= 0.6 is 11.3 Å². The van der Waals surface area contributed by atoms with E-state index in [1.54, 1.807) is 12.3 Å². The van der Waals surface area contributed by atoms with Gasteiger partial charge in [0.05, 0.1) is 19.3 Å². The molecule has 1 fully saturated rings. The molecule has 0 bridgehead atoms. The van der Waals surface area contributed by atoms with Crippen molar-refractivity contribution in [3.8, 4) is 0 Å².